The molecule has 2 aliphatic heterocycles. The molecule has 2 saturated heterocycles. The number of anilines is 1. The largest absolute Gasteiger partial charge is 0.354 e. The van der Waals surface area contributed by atoms with Gasteiger partial charge in [0.25, 0.3) is 0 Å². The van der Waals surface area contributed by atoms with Crippen molar-refractivity contribution < 1.29 is 0 Å². The second-order valence-electron chi connectivity index (χ2n) is 8.40. The first kappa shape index (κ1) is 16.4. The SMILES string of the molecule is CN1CCC(NCC2CN(c3ccc4nnc(C5CCC5)n4n3)C2)CC1. The van der Waals surface area contributed by atoms with Crippen LogP contribution in [0.4, 0.5) is 5.82 Å². The van der Waals surface area contributed by atoms with Crippen LogP contribution in [0.5, 0.6) is 0 Å². The quantitative estimate of drug-likeness (QED) is 0.877. The molecule has 0 aromatic carbocycles. The molecule has 1 saturated carbocycles. The summed E-state index contributed by atoms with van der Waals surface area (Å²) in [5, 5.41) is 17.3. The van der Waals surface area contributed by atoms with Crippen LogP contribution in [0.25, 0.3) is 5.65 Å². The third kappa shape index (κ3) is 3.07. The molecule has 7 nitrogen and oxygen atoms in total. The fraction of sp³-hybridized carbons (Fsp3) is 0.737. The van der Waals surface area contributed by atoms with E-state index in [1.54, 1.807) is 0 Å². The molecule has 3 fully saturated rings. The zero-order valence-corrected chi connectivity index (χ0v) is 15.6. The molecule has 2 aromatic rings. The Morgan fingerprint density at radius 2 is 1.88 bits per heavy atom. The highest BCUT2D eigenvalue weighted by Crippen LogP contribution is 2.35. The summed E-state index contributed by atoms with van der Waals surface area (Å²) in [5.41, 5.74) is 0.872. The Labute approximate surface area is 154 Å². The van der Waals surface area contributed by atoms with Crippen LogP contribution in [0.3, 0.4) is 0 Å². The topological polar surface area (TPSA) is 61.6 Å². The third-order valence-corrected chi connectivity index (χ3v) is 6.44. The first-order chi connectivity index (χ1) is 12.8. The highest BCUT2D eigenvalue weighted by Gasteiger charge is 2.30. The fourth-order valence-electron chi connectivity index (χ4n) is 4.32. The predicted molar refractivity (Wildman–Crippen MR) is 102 cm³/mol. The van der Waals surface area contributed by atoms with E-state index in [-0.39, 0.29) is 0 Å². The van der Waals surface area contributed by atoms with Crippen molar-refractivity contribution in [2.45, 2.75) is 44.1 Å². The van der Waals surface area contributed by atoms with Gasteiger partial charge in [-0.25, -0.2) is 0 Å². The van der Waals surface area contributed by atoms with Crippen molar-refractivity contribution >= 4 is 11.5 Å². The smallest absolute Gasteiger partial charge is 0.178 e. The Hall–Kier alpha value is -1.73. The van der Waals surface area contributed by atoms with Crippen LogP contribution in [0, 0.1) is 5.92 Å². The second-order valence-corrected chi connectivity index (χ2v) is 8.40. The van der Waals surface area contributed by atoms with Gasteiger partial charge in [-0.1, -0.05) is 6.42 Å². The number of piperidine rings is 1. The average molecular weight is 355 g/mol. The summed E-state index contributed by atoms with van der Waals surface area (Å²) in [4.78, 5) is 4.80. The minimum Gasteiger partial charge on any atom is -0.354 e. The highest BCUT2D eigenvalue weighted by molar-refractivity contribution is 5.47. The van der Waals surface area contributed by atoms with E-state index >= 15 is 0 Å². The Kier molecular flexibility index (Phi) is 4.29. The van der Waals surface area contributed by atoms with Gasteiger partial charge in [0.05, 0.1) is 0 Å². The summed E-state index contributed by atoms with van der Waals surface area (Å²) in [5.74, 6) is 3.40. The van der Waals surface area contributed by atoms with Crippen molar-refractivity contribution in [1.29, 1.82) is 0 Å². The van der Waals surface area contributed by atoms with E-state index < -0.39 is 0 Å². The molecule has 1 aliphatic carbocycles. The molecule has 0 spiro atoms. The standard InChI is InChI=1S/C19H29N7/c1-24-9-7-16(8-10-24)20-11-14-12-25(13-14)18-6-5-17-21-22-19(26(17)23-18)15-3-2-4-15/h5-6,14-16,20H,2-4,7-13H2,1H3. The number of aromatic nitrogens is 4. The number of likely N-dealkylation sites (tertiary alicyclic amines) is 1. The fourth-order valence-corrected chi connectivity index (χ4v) is 4.32. The van der Waals surface area contributed by atoms with E-state index in [1.807, 2.05) is 4.52 Å². The summed E-state index contributed by atoms with van der Waals surface area (Å²) in [6, 6.07) is 4.85. The van der Waals surface area contributed by atoms with Crippen molar-refractivity contribution in [3.05, 3.63) is 18.0 Å². The minimum absolute atomic E-state index is 0.552. The Balaban J connectivity index is 1.17. The molecule has 26 heavy (non-hydrogen) atoms. The van der Waals surface area contributed by atoms with Gasteiger partial charge in [-0.3, -0.25) is 0 Å². The van der Waals surface area contributed by atoms with Gasteiger partial charge < -0.3 is 15.1 Å². The molecule has 2 aromatic heterocycles. The Morgan fingerprint density at radius 1 is 1.08 bits per heavy atom. The van der Waals surface area contributed by atoms with Gasteiger partial charge in [-0.15, -0.1) is 15.3 Å². The average Bonchev–Trinajstić information content (AvgIpc) is 2.97. The van der Waals surface area contributed by atoms with Crippen LogP contribution in [-0.2, 0) is 0 Å². The zero-order valence-electron chi connectivity index (χ0n) is 15.6. The molecule has 0 amide bonds. The molecule has 0 atom stereocenters. The summed E-state index contributed by atoms with van der Waals surface area (Å²) < 4.78 is 1.98. The van der Waals surface area contributed by atoms with E-state index in [4.69, 9.17) is 5.10 Å². The van der Waals surface area contributed by atoms with Gasteiger partial charge in [-0.05, 0) is 58.0 Å². The van der Waals surface area contributed by atoms with E-state index in [1.165, 1.54) is 45.2 Å². The van der Waals surface area contributed by atoms with Crippen molar-refractivity contribution in [1.82, 2.24) is 30.0 Å². The maximum absolute atomic E-state index is 4.84. The molecule has 0 bridgehead atoms. The lowest BCUT2D eigenvalue weighted by molar-refractivity contribution is 0.225. The van der Waals surface area contributed by atoms with Gasteiger partial charge in [0.2, 0.25) is 0 Å². The molecule has 0 unspecified atom stereocenters. The van der Waals surface area contributed by atoms with Gasteiger partial charge in [0, 0.05) is 37.5 Å². The lowest BCUT2D eigenvalue weighted by Crippen LogP contribution is -2.53. The summed E-state index contributed by atoms with van der Waals surface area (Å²) in [6.07, 6.45) is 6.31. The van der Waals surface area contributed by atoms with Gasteiger partial charge >= 0.3 is 0 Å². The molecule has 5 rings (SSSR count). The number of fused-ring (bicyclic) bond motifs is 1. The minimum atomic E-state index is 0.552. The molecular weight excluding hydrogens is 326 g/mol. The van der Waals surface area contributed by atoms with Gasteiger partial charge in [0.1, 0.15) is 5.82 Å². The number of rotatable bonds is 5. The first-order valence-electron chi connectivity index (χ1n) is 10.2. The van der Waals surface area contributed by atoms with E-state index in [2.05, 4.69) is 44.5 Å². The van der Waals surface area contributed by atoms with Crippen LogP contribution >= 0.6 is 0 Å². The summed E-state index contributed by atoms with van der Waals surface area (Å²) in [7, 11) is 2.22. The lowest BCUT2D eigenvalue weighted by Gasteiger charge is -2.41. The van der Waals surface area contributed by atoms with Crippen molar-refractivity contribution in [3.8, 4) is 0 Å². The van der Waals surface area contributed by atoms with Gasteiger partial charge in [0.15, 0.2) is 11.5 Å². The number of hydrogen-bond acceptors (Lipinski definition) is 6. The van der Waals surface area contributed by atoms with E-state index in [0.29, 0.717) is 12.0 Å². The number of nitrogens with one attached hydrogen (secondary N) is 1. The molecule has 7 heteroatoms. The van der Waals surface area contributed by atoms with Crippen LogP contribution in [0.2, 0.25) is 0 Å². The van der Waals surface area contributed by atoms with Crippen molar-refractivity contribution in [3.63, 3.8) is 0 Å². The predicted octanol–water partition coefficient (Wildman–Crippen LogP) is 1.51. The van der Waals surface area contributed by atoms with Crippen molar-refractivity contribution in [2.75, 3.05) is 44.7 Å². The summed E-state index contributed by atoms with van der Waals surface area (Å²) >= 11 is 0. The zero-order chi connectivity index (χ0) is 17.5. The normalized spacial score (nSPS) is 23.3. The molecule has 140 valence electrons. The molecule has 3 aliphatic rings. The summed E-state index contributed by atoms with van der Waals surface area (Å²) in [6.45, 7) is 5.77. The maximum Gasteiger partial charge on any atom is 0.178 e. The molecule has 0 radical (unpaired) electrons. The van der Waals surface area contributed by atoms with Crippen LogP contribution < -0.4 is 10.2 Å². The second kappa shape index (κ2) is 6.78. The maximum atomic E-state index is 4.84. The molecule has 1 N–H and O–H groups in total. The number of hydrogen-bond donors (Lipinski definition) is 1. The Morgan fingerprint density at radius 3 is 2.62 bits per heavy atom. The van der Waals surface area contributed by atoms with Crippen LogP contribution in [0.15, 0.2) is 12.1 Å². The molecule has 4 heterocycles. The van der Waals surface area contributed by atoms with Crippen LogP contribution in [0.1, 0.15) is 43.8 Å². The monoisotopic (exact) mass is 355 g/mol. The lowest BCUT2D eigenvalue weighted by atomic mass is 9.85. The van der Waals surface area contributed by atoms with E-state index in [9.17, 15) is 0 Å². The van der Waals surface area contributed by atoms with E-state index in [0.717, 1.165) is 42.8 Å². The highest BCUT2D eigenvalue weighted by atomic mass is 15.4. The molecular formula is C19H29N7. The van der Waals surface area contributed by atoms with Gasteiger partial charge in [-0.2, -0.15) is 4.52 Å². The number of nitrogens with zero attached hydrogens (tertiary/aromatic N) is 6. The van der Waals surface area contributed by atoms with Crippen LogP contribution in [-0.4, -0.2) is 70.5 Å². The third-order valence-electron chi connectivity index (χ3n) is 6.44. The Bertz CT molecular complexity index is 754. The first-order valence-corrected chi connectivity index (χ1v) is 10.2. The van der Waals surface area contributed by atoms with Crippen molar-refractivity contribution in [2.24, 2.45) is 5.92 Å².